The van der Waals surface area contributed by atoms with E-state index in [9.17, 15) is 0 Å². The van der Waals surface area contributed by atoms with Gasteiger partial charge in [0.05, 0.1) is 12.2 Å². The zero-order valence-electron chi connectivity index (χ0n) is 17.6. The molecule has 10 heteroatoms. The smallest absolute Gasteiger partial charge is 0.377 e. The van der Waals surface area contributed by atoms with Crippen molar-refractivity contribution in [3.05, 3.63) is 0 Å². The first-order valence-corrected chi connectivity index (χ1v) is 13.6. The van der Waals surface area contributed by atoms with Gasteiger partial charge in [-0.05, 0) is 38.1 Å². The predicted molar refractivity (Wildman–Crippen MR) is 106 cm³/mol. The van der Waals surface area contributed by atoms with E-state index in [1.54, 1.807) is 42.7 Å². The van der Waals surface area contributed by atoms with Crippen molar-refractivity contribution in [1.29, 1.82) is 0 Å². The molecule has 0 aromatic carbocycles. The molecule has 0 aromatic heterocycles. The third-order valence-corrected chi connectivity index (χ3v) is 11.6. The molecule has 1 aliphatic carbocycles. The zero-order valence-corrected chi connectivity index (χ0v) is 19.6. The molecule has 1 aliphatic heterocycles. The molecule has 1 saturated carbocycles. The lowest BCUT2D eigenvalue weighted by Gasteiger charge is -2.33. The van der Waals surface area contributed by atoms with Gasteiger partial charge in [0.1, 0.15) is 0 Å². The standard InChI is InChI=1S/C17H37NO7Si2/c1-19-26(20-2,21-3)12-7-11-18-16-14(8-9-15-17(16)25-15)10-13-27(22-4,23-5)24-6/h14-18H,7-13H2,1-6H3. The molecule has 1 N–H and O–H groups in total. The van der Waals surface area contributed by atoms with E-state index in [2.05, 4.69) is 5.32 Å². The lowest BCUT2D eigenvalue weighted by Crippen LogP contribution is -2.48. The average Bonchev–Trinajstić information content (AvgIpc) is 3.51. The third kappa shape index (κ3) is 5.81. The largest absolute Gasteiger partial charge is 0.500 e. The van der Waals surface area contributed by atoms with E-state index in [-0.39, 0.29) is 0 Å². The van der Waals surface area contributed by atoms with Gasteiger partial charge in [-0.2, -0.15) is 0 Å². The Morgan fingerprint density at radius 1 is 0.815 bits per heavy atom. The van der Waals surface area contributed by atoms with Crippen molar-refractivity contribution in [3.8, 4) is 0 Å². The number of hydrogen-bond donors (Lipinski definition) is 1. The summed E-state index contributed by atoms with van der Waals surface area (Å²) in [6.45, 7) is 0.889. The van der Waals surface area contributed by atoms with Crippen LogP contribution in [0.4, 0.5) is 0 Å². The second-order valence-electron chi connectivity index (χ2n) is 7.19. The molecule has 1 saturated heterocycles. The van der Waals surface area contributed by atoms with Gasteiger partial charge >= 0.3 is 17.6 Å². The average molecular weight is 424 g/mol. The lowest BCUT2D eigenvalue weighted by atomic mass is 9.83. The molecule has 160 valence electrons. The van der Waals surface area contributed by atoms with Crippen molar-refractivity contribution in [1.82, 2.24) is 5.32 Å². The number of nitrogens with one attached hydrogen (secondary N) is 1. The minimum absolute atomic E-state index is 0.335. The molecule has 8 nitrogen and oxygen atoms in total. The molecule has 2 aliphatic rings. The monoisotopic (exact) mass is 423 g/mol. The van der Waals surface area contributed by atoms with Crippen LogP contribution < -0.4 is 5.32 Å². The summed E-state index contributed by atoms with van der Waals surface area (Å²) in [5, 5.41) is 3.72. The van der Waals surface area contributed by atoms with Crippen molar-refractivity contribution in [2.24, 2.45) is 5.92 Å². The van der Waals surface area contributed by atoms with Gasteiger partial charge in [0, 0.05) is 60.8 Å². The number of rotatable bonds is 14. The van der Waals surface area contributed by atoms with Crippen LogP contribution in [0.2, 0.25) is 12.1 Å². The van der Waals surface area contributed by atoms with Crippen molar-refractivity contribution in [2.45, 2.75) is 56.0 Å². The maximum absolute atomic E-state index is 5.88. The summed E-state index contributed by atoms with van der Waals surface area (Å²) in [6, 6.07) is 1.98. The van der Waals surface area contributed by atoms with Gasteiger partial charge in [0.25, 0.3) is 0 Å². The summed E-state index contributed by atoms with van der Waals surface area (Å²) in [7, 11) is 4.96. The first kappa shape index (κ1) is 23.4. The molecular weight excluding hydrogens is 386 g/mol. The Labute approximate surface area is 165 Å². The van der Waals surface area contributed by atoms with E-state index in [4.69, 9.17) is 31.3 Å². The molecule has 0 amide bonds. The van der Waals surface area contributed by atoms with Crippen LogP contribution >= 0.6 is 0 Å². The van der Waals surface area contributed by atoms with Gasteiger partial charge in [-0.1, -0.05) is 0 Å². The Hall–Kier alpha value is 0.114. The quantitative estimate of drug-likeness (QED) is 0.257. The first-order chi connectivity index (χ1) is 13.0. The number of ether oxygens (including phenoxy) is 1. The van der Waals surface area contributed by atoms with Gasteiger partial charge in [-0.15, -0.1) is 0 Å². The highest BCUT2D eigenvalue weighted by atomic mass is 28.4. The van der Waals surface area contributed by atoms with E-state index >= 15 is 0 Å². The fraction of sp³-hybridized carbons (Fsp3) is 1.00. The van der Waals surface area contributed by atoms with Gasteiger partial charge in [-0.3, -0.25) is 0 Å². The highest BCUT2D eigenvalue weighted by Crippen LogP contribution is 2.42. The molecule has 4 unspecified atom stereocenters. The molecule has 0 radical (unpaired) electrons. The van der Waals surface area contributed by atoms with Crippen LogP contribution in [0, 0.1) is 5.92 Å². The van der Waals surface area contributed by atoms with Gasteiger partial charge in [0.2, 0.25) is 0 Å². The summed E-state index contributed by atoms with van der Waals surface area (Å²) in [4.78, 5) is 0. The molecule has 27 heavy (non-hydrogen) atoms. The van der Waals surface area contributed by atoms with Crippen LogP contribution in [0.3, 0.4) is 0 Å². The SMILES string of the molecule is CO[Si](CCCNC1C(CC[Si](OC)(OC)OC)CCC2OC21)(OC)OC. The van der Waals surface area contributed by atoms with Crippen LogP contribution in [0.5, 0.6) is 0 Å². The van der Waals surface area contributed by atoms with Gasteiger partial charge < -0.3 is 36.6 Å². The molecule has 0 bridgehead atoms. The fourth-order valence-corrected chi connectivity index (χ4v) is 7.74. The minimum atomic E-state index is -2.53. The van der Waals surface area contributed by atoms with E-state index in [0.29, 0.717) is 24.2 Å². The second-order valence-corrected chi connectivity index (χ2v) is 13.4. The summed E-state index contributed by atoms with van der Waals surface area (Å²) < 4.78 is 39.1. The first-order valence-electron chi connectivity index (χ1n) is 9.72. The maximum atomic E-state index is 5.88. The summed E-state index contributed by atoms with van der Waals surface area (Å²) >= 11 is 0. The Morgan fingerprint density at radius 3 is 1.93 bits per heavy atom. The highest BCUT2D eigenvalue weighted by molar-refractivity contribution is 6.60. The molecule has 2 fully saturated rings. The van der Waals surface area contributed by atoms with E-state index in [1.807, 2.05) is 0 Å². The molecule has 4 atom stereocenters. The van der Waals surface area contributed by atoms with Crippen LogP contribution in [0.25, 0.3) is 0 Å². The third-order valence-electron chi connectivity index (χ3n) is 6.03. The minimum Gasteiger partial charge on any atom is -0.377 e. The van der Waals surface area contributed by atoms with Crippen LogP contribution in [-0.2, 0) is 31.3 Å². The Bertz CT molecular complexity index is 421. The normalized spacial score (nSPS) is 28.2. The predicted octanol–water partition coefficient (Wildman–Crippen LogP) is 1.66. The Morgan fingerprint density at radius 2 is 1.37 bits per heavy atom. The van der Waals surface area contributed by atoms with Crippen LogP contribution in [-0.4, -0.2) is 85.1 Å². The summed E-state index contributed by atoms with van der Waals surface area (Å²) in [5.41, 5.74) is 0. The number of fused-ring (bicyclic) bond motifs is 1. The van der Waals surface area contributed by atoms with Crippen molar-refractivity contribution >= 4 is 17.6 Å². The molecule has 2 rings (SSSR count). The van der Waals surface area contributed by atoms with E-state index < -0.39 is 17.6 Å². The summed E-state index contributed by atoms with van der Waals surface area (Å²) in [5.74, 6) is 0.537. The van der Waals surface area contributed by atoms with Gasteiger partial charge in [0.15, 0.2) is 0 Å². The van der Waals surface area contributed by atoms with E-state index in [1.165, 1.54) is 0 Å². The molecule has 0 spiro atoms. The lowest BCUT2D eigenvalue weighted by molar-refractivity contribution is 0.118. The van der Waals surface area contributed by atoms with E-state index in [0.717, 1.165) is 44.3 Å². The summed E-state index contributed by atoms with van der Waals surface area (Å²) in [6.07, 6.45) is 5.02. The molecular formula is C17H37NO7Si2. The Balaban J connectivity index is 1.84. The van der Waals surface area contributed by atoms with Crippen molar-refractivity contribution in [3.63, 3.8) is 0 Å². The fourth-order valence-electron chi connectivity index (χ4n) is 4.19. The van der Waals surface area contributed by atoms with Gasteiger partial charge in [-0.25, -0.2) is 0 Å². The number of hydrogen-bond acceptors (Lipinski definition) is 8. The van der Waals surface area contributed by atoms with Crippen LogP contribution in [0.15, 0.2) is 0 Å². The second kappa shape index (κ2) is 10.8. The highest BCUT2D eigenvalue weighted by Gasteiger charge is 2.52. The molecule has 0 aromatic rings. The van der Waals surface area contributed by atoms with Crippen molar-refractivity contribution < 1.29 is 31.3 Å². The zero-order chi connectivity index (χ0) is 19.9. The Kier molecular flexibility index (Phi) is 9.33. The maximum Gasteiger partial charge on any atom is 0.500 e. The topological polar surface area (TPSA) is 79.9 Å². The van der Waals surface area contributed by atoms with Crippen molar-refractivity contribution in [2.75, 3.05) is 49.2 Å². The number of epoxide rings is 1. The molecule has 1 heterocycles. The van der Waals surface area contributed by atoms with Crippen LogP contribution in [0.1, 0.15) is 25.7 Å².